The Kier molecular flexibility index (Phi) is 6.01. The number of fused-ring (bicyclic) bond motifs is 3. The summed E-state index contributed by atoms with van der Waals surface area (Å²) in [5.41, 5.74) is 1.06. The van der Waals surface area contributed by atoms with Gasteiger partial charge in [-0.1, -0.05) is 24.3 Å². The van der Waals surface area contributed by atoms with Crippen LogP contribution in [0.15, 0.2) is 53.5 Å². The van der Waals surface area contributed by atoms with Crippen molar-refractivity contribution < 1.29 is 18.7 Å². The minimum absolute atomic E-state index is 0.0130. The van der Waals surface area contributed by atoms with Crippen molar-refractivity contribution in [2.75, 3.05) is 57.4 Å². The number of hydrogen-bond acceptors (Lipinski definition) is 6. The molecule has 4 heterocycles. The molecule has 0 spiro atoms. The molecule has 7 rings (SSSR count). The zero-order chi connectivity index (χ0) is 27.5. The number of nitrogens with zero attached hydrogens (tertiary/aromatic N) is 4. The Bertz CT molecular complexity index is 1720. The largest absolute Gasteiger partial charge is 0.451 e. The SMILES string of the molecule is CC(C)N1CCN(c2c(F)cc3c(=O)c(C(=O)N4CCOCC4)cn4c3c2Oc2cc3ccccc3cc2-4)CC1. The van der Waals surface area contributed by atoms with Gasteiger partial charge in [-0.3, -0.25) is 14.5 Å². The molecular weight excluding hydrogens is 511 g/mol. The highest BCUT2D eigenvalue weighted by molar-refractivity contribution is 6.02. The summed E-state index contributed by atoms with van der Waals surface area (Å²) in [6, 6.07) is 13.6. The number of halogens is 1. The summed E-state index contributed by atoms with van der Waals surface area (Å²) < 4.78 is 29.8. The van der Waals surface area contributed by atoms with Crippen molar-refractivity contribution in [1.29, 1.82) is 0 Å². The van der Waals surface area contributed by atoms with Crippen molar-refractivity contribution in [3.63, 3.8) is 0 Å². The number of pyridine rings is 1. The number of rotatable bonds is 3. The highest BCUT2D eigenvalue weighted by atomic mass is 19.1. The van der Waals surface area contributed by atoms with Crippen LogP contribution in [0.4, 0.5) is 10.1 Å². The van der Waals surface area contributed by atoms with Gasteiger partial charge in [0.2, 0.25) is 5.43 Å². The Labute approximate surface area is 231 Å². The van der Waals surface area contributed by atoms with E-state index in [4.69, 9.17) is 9.47 Å². The maximum atomic E-state index is 16.1. The Morgan fingerprint density at radius 1 is 0.950 bits per heavy atom. The summed E-state index contributed by atoms with van der Waals surface area (Å²) >= 11 is 0. The third kappa shape index (κ3) is 3.95. The topological polar surface area (TPSA) is 67.2 Å². The molecule has 9 heteroatoms. The molecule has 0 saturated carbocycles. The predicted octanol–water partition coefficient (Wildman–Crippen LogP) is 4.39. The molecular formula is C31H31FN4O4. The summed E-state index contributed by atoms with van der Waals surface area (Å²) in [5.74, 6) is -0.0279. The number of benzene rings is 3. The van der Waals surface area contributed by atoms with Crippen molar-refractivity contribution in [2.45, 2.75) is 19.9 Å². The van der Waals surface area contributed by atoms with Gasteiger partial charge in [0, 0.05) is 51.5 Å². The first kappa shape index (κ1) is 25.0. The van der Waals surface area contributed by atoms with E-state index in [2.05, 4.69) is 18.7 Å². The first-order chi connectivity index (χ1) is 19.4. The lowest BCUT2D eigenvalue weighted by Crippen LogP contribution is -2.49. The van der Waals surface area contributed by atoms with Gasteiger partial charge < -0.3 is 23.8 Å². The van der Waals surface area contributed by atoms with Crippen LogP contribution in [0.2, 0.25) is 0 Å². The van der Waals surface area contributed by atoms with Crippen LogP contribution in [-0.4, -0.2) is 78.8 Å². The second kappa shape index (κ2) is 9.60. The summed E-state index contributed by atoms with van der Waals surface area (Å²) in [7, 11) is 0. The van der Waals surface area contributed by atoms with Crippen molar-refractivity contribution >= 4 is 33.3 Å². The molecule has 0 unspecified atom stereocenters. The molecule has 2 fully saturated rings. The van der Waals surface area contributed by atoms with Gasteiger partial charge in [0.1, 0.15) is 16.8 Å². The summed E-state index contributed by atoms with van der Waals surface area (Å²) in [5, 5.41) is 2.11. The quantitative estimate of drug-likeness (QED) is 0.337. The smallest absolute Gasteiger partial charge is 0.259 e. The lowest BCUT2D eigenvalue weighted by atomic mass is 10.0. The van der Waals surface area contributed by atoms with E-state index in [1.165, 1.54) is 6.07 Å². The van der Waals surface area contributed by atoms with E-state index < -0.39 is 11.2 Å². The van der Waals surface area contributed by atoms with Gasteiger partial charge in [0.05, 0.1) is 24.3 Å². The number of piperazine rings is 1. The van der Waals surface area contributed by atoms with Crippen LogP contribution < -0.4 is 15.1 Å². The zero-order valence-electron chi connectivity index (χ0n) is 22.7. The van der Waals surface area contributed by atoms with E-state index >= 15 is 4.39 Å². The average molecular weight is 543 g/mol. The van der Waals surface area contributed by atoms with Gasteiger partial charge in [0.25, 0.3) is 5.91 Å². The summed E-state index contributed by atoms with van der Waals surface area (Å²) in [6.07, 6.45) is 1.61. The molecule has 206 valence electrons. The number of aromatic nitrogens is 1. The highest BCUT2D eigenvalue weighted by Gasteiger charge is 2.33. The molecule has 0 N–H and O–H groups in total. The van der Waals surface area contributed by atoms with Crippen LogP contribution >= 0.6 is 0 Å². The summed E-state index contributed by atoms with van der Waals surface area (Å²) in [6.45, 7) is 8.85. The monoisotopic (exact) mass is 542 g/mol. The second-order valence-electron chi connectivity index (χ2n) is 11.0. The molecule has 0 atom stereocenters. The van der Waals surface area contributed by atoms with E-state index in [-0.39, 0.29) is 16.9 Å². The molecule has 3 aliphatic rings. The van der Waals surface area contributed by atoms with Crippen molar-refractivity contribution in [3.05, 3.63) is 70.3 Å². The first-order valence-electron chi connectivity index (χ1n) is 13.9. The molecule has 8 nitrogen and oxygen atoms in total. The second-order valence-corrected chi connectivity index (χ2v) is 11.0. The van der Waals surface area contributed by atoms with E-state index in [0.29, 0.717) is 73.8 Å². The Hall–Kier alpha value is -3.95. The predicted molar refractivity (Wildman–Crippen MR) is 153 cm³/mol. The lowest BCUT2D eigenvalue weighted by Gasteiger charge is -2.39. The fraction of sp³-hybridized carbons (Fsp3) is 0.355. The molecule has 4 aromatic rings. The van der Waals surface area contributed by atoms with Crippen molar-refractivity contribution in [1.82, 2.24) is 14.4 Å². The molecule has 1 amide bonds. The van der Waals surface area contributed by atoms with Crippen LogP contribution in [0.3, 0.4) is 0 Å². The van der Waals surface area contributed by atoms with Crippen LogP contribution in [0.1, 0.15) is 24.2 Å². The van der Waals surface area contributed by atoms with Crippen LogP contribution in [0.25, 0.3) is 27.4 Å². The fourth-order valence-corrected chi connectivity index (χ4v) is 6.14. The zero-order valence-corrected chi connectivity index (χ0v) is 22.7. The molecule has 0 radical (unpaired) electrons. The number of anilines is 1. The molecule has 1 aromatic heterocycles. The number of morpholine rings is 1. The third-order valence-electron chi connectivity index (χ3n) is 8.36. The minimum atomic E-state index is -0.524. The maximum absolute atomic E-state index is 16.1. The van der Waals surface area contributed by atoms with E-state index in [0.717, 1.165) is 23.9 Å². The number of carbonyl (C=O) groups excluding carboxylic acids is 1. The van der Waals surface area contributed by atoms with Gasteiger partial charge >= 0.3 is 0 Å². The fourth-order valence-electron chi connectivity index (χ4n) is 6.14. The maximum Gasteiger partial charge on any atom is 0.259 e. The Morgan fingerprint density at radius 3 is 2.35 bits per heavy atom. The van der Waals surface area contributed by atoms with Crippen molar-refractivity contribution in [3.8, 4) is 17.2 Å². The normalized spacial score (nSPS) is 17.4. The highest BCUT2D eigenvalue weighted by Crippen LogP contribution is 2.47. The van der Waals surface area contributed by atoms with E-state index in [1.807, 2.05) is 45.9 Å². The first-order valence-corrected chi connectivity index (χ1v) is 13.9. The molecule has 3 aromatic carbocycles. The van der Waals surface area contributed by atoms with Crippen LogP contribution in [0.5, 0.6) is 11.5 Å². The number of carbonyl (C=O) groups is 1. The number of hydrogen-bond donors (Lipinski definition) is 0. The number of ether oxygens (including phenoxy) is 2. The van der Waals surface area contributed by atoms with Crippen molar-refractivity contribution in [2.24, 2.45) is 0 Å². The molecule has 0 aliphatic carbocycles. The molecule has 3 aliphatic heterocycles. The molecule has 0 bridgehead atoms. The standard InChI is InChI=1S/C31H31FN4O4/c1-19(2)33-7-9-34(10-8-33)28-24(32)17-22-27-30(28)40-26-16-21-6-4-3-5-20(21)15-25(26)36(27)18-23(29(22)37)31(38)35-11-13-39-14-12-35/h3-6,15-19H,7-14H2,1-2H3. The van der Waals surface area contributed by atoms with E-state index in [1.54, 1.807) is 11.1 Å². The minimum Gasteiger partial charge on any atom is -0.451 e. The Morgan fingerprint density at radius 2 is 1.65 bits per heavy atom. The molecule has 2 saturated heterocycles. The average Bonchev–Trinajstić information content (AvgIpc) is 2.97. The van der Waals surface area contributed by atoms with Crippen LogP contribution in [-0.2, 0) is 4.74 Å². The van der Waals surface area contributed by atoms with Crippen LogP contribution in [0, 0.1) is 5.82 Å². The van der Waals surface area contributed by atoms with Gasteiger partial charge in [-0.2, -0.15) is 0 Å². The van der Waals surface area contributed by atoms with Gasteiger partial charge in [-0.15, -0.1) is 0 Å². The lowest BCUT2D eigenvalue weighted by molar-refractivity contribution is 0.0302. The number of amides is 1. The third-order valence-corrected chi connectivity index (χ3v) is 8.36. The summed E-state index contributed by atoms with van der Waals surface area (Å²) in [4.78, 5) is 33.4. The Balaban J connectivity index is 1.46. The van der Waals surface area contributed by atoms with Gasteiger partial charge in [0.15, 0.2) is 17.3 Å². The van der Waals surface area contributed by atoms with Gasteiger partial charge in [-0.25, -0.2) is 4.39 Å². The van der Waals surface area contributed by atoms with Gasteiger partial charge in [-0.05, 0) is 42.8 Å². The molecule has 40 heavy (non-hydrogen) atoms. The van der Waals surface area contributed by atoms with E-state index in [9.17, 15) is 9.59 Å².